The fourth-order valence-electron chi connectivity index (χ4n) is 4.03. The summed E-state index contributed by atoms with van der Waals surface area (Å²) in [6.45, 7) is 6.10. The molecule has 3 aromatic rings. The quantitative estimate of drug-likeness (QED) is 0.654. The highest BCUT2D eigenvalue weighted by molar-refractivity contribution is 5.96. The minimum absolute atomic E-state index is 0.181. The Bertz CT molecular complexity index is 974. The molecule has 1 aliphatic rings. The Labute approximate surface area is 171 Å². The van der Waals surface area contributed by atoms with Gasteiger partial charge in [0.25, 0.3) is 5.91 Å². The fraction of sp³-hybridized carbons (Fsp3) is 0.375. The first-order chi connectivity index (χ1) is 14.0. The van der Waals surface area contributed by atoms with Crippen molar-refractivity contribution in [2.24, 2.45) is 0 Å². The highest BCUT2D eigenvalue weighted by Crippen LogP contribution is 2.26. The Balaban J connectivity index is 1.46. The molecule has 0 aliphatic carbocycles. The van der Waals surface area contributed by atoms with E-state index in [1.54, 1.807) is 0 Å². The molecule has 0 spiro atoms. The van der Waals surface area contributed by atoms with Crippen molar-refractivity contribution in [3.8, 4) is 0 Å². The molecule has 2 N–H and O–H groups in total. The summed E-state index contributed by atoms with van der Waals surface area (Å²) in [7, 11) is 0. The van der Waals surface area contributed by atoms with Gasteiger partial charge in [-0.25, -0.2) is 0 Å². The van der Waals surface area contributed by atoms with Gasteiger partial charge in [0, 0.05) is 36.7 Å². The number of carbonyl (C=O) groups excluding carboxylic acids is 1. The molecule has 0 unspecified atom stereocenters. The fourth-order valence-corrected chi connectivity index (χ4v) is 4.03. The van der Waals surface area contributed by atoms with Gasteiger partial charge in [0.05, 0.1) is 0 Å². The summed E-state index contributed by atoms with van der Waals surface area (Å²) in [6.07, 6.45) is 1.70. The van der Waals surface area contributed by atoms with Gasteiger partial charge < -0.3 is 19.8 Å². The van der Waals surface area contributed by atoms with Crippen molar-refractivity contribution in [3.05, 3.63) is 71.5 Å². The van der Waals surface area contributed by atoms with Crippen LogP contribution >= 0.6 is 0 Å². The number of carbonyl (C=O) groups is 1. The minimum atomic E-state index is -0.203. The second-order valence-electron chi connectivity index (χ2n) is 8.00. The van der Waals surface area contributed by atoms with Crippen LogP contribution in [0.25, 0.3) is 11.0 Å². The van der Waals surface area contributed by atoms with E-state index in [9.17, 15) is 4.79 Å². The van der Waals surface area contributed by atoms with E-state index in [-0.39, 0.29) is 17.5 Å². The highest BCUT2D eigenvalue weighted by Gasteiger charge is 2.34. The molecule has 152 valence electrons. The first-order valence-electron chi connectivity index (χ1n) is 10.2. The number of aryl methyl sites for hydroxylation is 1. The number of hydrogen-bond donors (Lipinski definition) is 2. The summed E-state index contributed by atoms with van der Waals surface area (Å²) in [5.41, 5.74) is 2.91. The van der Waals surface area contributed by atoms with Crippen LogP contribution in [0, 0.1) is 6.92 Å². The first kappa shape index (κ1) is 19.7. The highest BCUT2D eigenvalue weighted by atomic mass is 16.5. The lowest BCUT2D eigenvalue weighted by Gasteiger charge is -2.40. The van der Waals surface area contributed by atoms with Crippen molar-refractivity contribution in [1.82, 2.24) is 10.6 Å². The van der Waals surface area contributed by atoms with Gasteiger partial charge in [-0.3, -0.25) is 4.79 Å². The topological polar surface area (TPSA) is 63.5 Å². The Morgan fingerprint density at radius 2 is 1.86 bits per heavy atom. The van der Waals surface area contributed by atoms with E-state index in [2.05, 4.69) is 41.8 Å². The number of nitrogens with one attached hydrogen (secondary N) is 2. The summed E-state index contributed by atoms with van der Waals surface area (Å²) in [5.74, 6) is 0.169. The van der Waals surface area contributed by atoms with E-state index in [4.69, 9.17) is 9.15 Å². The Hall–Kier alpha value is -2.63. The SMILES string of the molecule is Cc1ccc2oc(C(=O)NCC3(N[C@@H](C)c4ccccc4)CCOCC3)cc2c1. The van der Waals surface area contributed by atoms with Crippen molar-refractivity contribution in [2.75, 3.05) is 19.8 Å². The van der Waals surface area contributed by atoms with Crippen molar-refractivity contribution in [3.63, 3.8) is 0 Å². The standard InChI is InChI=1S/C24H28N2O3/c1-17-8-9-21-20(14-17)15-22(29-21)23(27)25-16-24(10-12-28-13-11-24)26-18(2)19-6-4-3-5-7-19/h3-9,14-15,18,26H,10-13,16H2,1-2H3,(H,25,27)/t18-/m0/s1. The second-order valence-corrected chi connectivity index (χ2v) is 8.00. The molecule has 1 aromatic heterocycles. The third-order valence-electron chi connectivity index (χ3n) is 5.76. The Kier molecular flexibility index (Phi) is 5.69. The van der Waals surface area contributed by atoms with Crippen LogP contribution in [0.15, 0.2) is 59.0 Å². The summed E-state index contributed by atoms with van der Waals surface area (Å²) >= 11 is 0. The number of benzene rings is 2. The zero-order valence-corrected chi connectivity index (χ0v) is 17.0. The molecule has 0 saturated carbocycles. The molecule has 2 aromatic carbocycles. The predicted octanol–water partition coefficient (Wildman–Crippen LogP) is 4.37. The van der Waals surface area contributed by atoms with Gasteiger partial charge in [0.2, 0.25) is 0 Å². The third-order valence-corrected chi connectivity index (χ3v) is 5.76. The average Bonchev–Trinajstić information content (AvgIpc) is 3.17. The molecule has 5 heteroatoms. The molecule has 1 amide bonds. The zero-order chi connectivity index (χ0) is 20.3. The number of furan rings is 1. The monoisotopic (exact) mass is 392 g/mol. The van der Waals surface area contributed by atoms with Crippen molar-refractivity contribution in [1.29, 1.82) is 0 Å². The predicted molar refractivity (Wildman–Crippen MR) is 114 cm³/mol. The van der Waals surface area contributed by atoms with E-state index in [1.165, 1.54) is 5.56 Å². The normalized spacial score (nSPS) is 17.2. The molecule has 0 radical (unpaired) electrons. The molecule has 4 rings (SSSR count). The molecule has 29 heavy (non-hydrogen) atoms. The van der Waals surface area contributed by atoms with Crippen LogP contribution in [0.3, 0.4) is 0 Å². The van der Waals surface area contributed by atoms with E-state index >= 15 is 0 Å². The summed E-state index contributed by atoms with van der Waals surface area (Å²) in [6, 6.07) is 18.3. The van der Waals surface area contributed by atoms with Crippen LogP contribution in [0.4, 0.5) is 0 Å². The van der Waals surface area contributed by atoms with Crippen molar-refractivity contribution in [2.45, 2.75) is 38.3 Å². The van der Waals surface area contributed by atoms with Crippen molar-refractivity contribution < 1.29 is 13.9 Å². The largest absolute Gasteiger partial charge is 0.451 e. The molecule has 0 bridgehead atoms. The van der Waals surface area contributed by atoms with Crippen LogP contribution < -0.4 is 10.6 Å². The maximum Gasteiger partial charge on any atom is 0.287 e. The smallest absolute Gasteiger partial charge is 0.287 e. The molecular weight excluding hydrogens is 364 g/mol. The maximum atomic E-state index is 12.8. The van der Waals surface area contributed by atoms with Crippen LogP contribution in [0.2, 0.25) is 0 Å². The van der Waals surface area contributed by atoms with E-state index in [0.29, 0.717) is 25.5 Å². The van der Waals surface area contributed by atoms with Gasteiger partial charge in [-0.2, -0.15) is 0 Å². The van der Waals surface area contributed by atoms with Crippen LogP contribution in [0.1, 0.15) is 47.5 Å². The van der Waals surface area contributed by atoms with E-state index in [0.717, 1.165) is 29.4 Å². The van der Waals surface area contributed by atoms with E-state index < -0.39 is 0 Å². The number of hydrogen-bond acceptors (Lipinski definition) is 4. The molecule has 5 nitrogen and oxygen atoms in total. The zero-order valence-electron chi connectivity index (χ0n) is 17.0. The van der Waals surface area contributed by atoms with Gasteiger partial charge in [-0.15, -0.1) is 0 Å². The van der Waals surface area contributed by atoms with Crippen LogP contribution in [-0.4, -0.2) is 31.2 Å². The second kappa shape index (κ2) is 8.39. The molecule has 1 fully saturated rings. The third kappa shape index (κ3) is 4.52. The first-order valence-corrected chi connectivity index (χ1v) is 10.2. The van der Waals surface area contributed by atoms with Gasteiger partial charge in [0.1, 0.15) is 5.58 Å². The maximum absolute atomic E-state index is 12.8. The molecule has 1 aliphatic heterocycles. The summed E-state index contributed by atoms with van der Waals surface area (Å²) in [5, 5.41) is 7.81. The number of fused-ring (bicyclic) bond motifs is 1. The lowest BCUT2D eigenvalue weighted by atomic mass is 9.88. The lowest BCUT2D eigenvalue weighted by molar-refractivity contribution is 0.0330. The minimum Gasteiger partial charge on any atom is -0.451 e. The Morgan fingerprint density at radius 3 is 2.62 bits per heavy atom. The summed E-state index contributed by atoms with van der Waals surface area (Å²) < 4.78 is 11.3. The average molecular weight is 392 g/mol. The van der Waals surface area contributed by atoms with Crippen molar-refractivity contribution >= 4 is 16.9 Å². The molecule has 2 heterocycles. The molecular formula is C24H28N2O3. The van der Waals surface area contributed by atoms with Gasteiger partial charge in [-0.05, 0) is 50.5 Å². The number of ether oxygens (including phenoxy) is 1. The van der Waals surface area contributed by atoms with Gasteiger partial charge in [0.15, 0.2) is 5.76 Å². The number of amides is 1. The van der Waals surface area contributed by atoms with Gasteiger partial charge >= 0.3 is 0 Å². The van der Waals surface area contributed by atoms with Crippen LogP contribution in [-0.2, 0) is 4.74 Å². The number of rotatable bonds is 6. The Morgan fingerprint density at radius 1 is 1.10 bits per heavy atom. The lowest BCUT2D eigenvalue weighted by Crippen LogP contribution is -2.57. The molecule has 1 atom stereocenters. The van der Waals surface area contributed by atoms with Gasteiger partial charge in [-0.1, -0.05) is 42.0 Å². The van der Waals surface area contributed by atoms with E-state index in [1.807, 2.05) is 37.3 Å². The summed E-state index contributed by atoms with van der Waals surface area (Å²) in [4.78, 5) is 12.8. The van der Waals surface area contributed by atoms with Crippen LogP contribution in [0.5, 0.6) is 0 Å². The molecule has 1 saturated heterocycles.